The molecule has 2 rings (SSSR count). The lowest BCUT2D eigenvalue weighted by Crippen LogP contribution is -2.24. The van der Waals surface area contributed by atoms with Crippen LogP contribution in [0, 0.1) is 11.3 Å². The summed E-state index contributed by atoms with van der Waals surface area (Å²) in [5, 5.41) is 7.52. The number of rotatable bonds is 3. The van der Waals surface area contributed by atoms with Crippen LogP contribution in [0.4, 0.5) is 11.4 Å². The van der Waals surface area contributed by atoms with Crippen molar-refractivity contribution in [1.29, 1.82) is 5.26 Å². The zero-order chi connectivity index (χ0) is 14.8. The van der Waals surface area contributed by atoms with Crippen molar-refractivity contribution < 1.29 is 17.9 Å². The van der Waals surface area contributed by atoms with E-state index >= 15 is 0 Å². The van der Waals surface area contributed by atoms with Gasteiger partial charge in [0, 0.05) is 18.6 Å². The smallest absolute Gasteiger partial charge is 0.248 e. The summed E-state index contributed by atoms with van der Waals surface area (Å²) in [6, 6.07) is 4.65. The normalized spacial score (nSPS) is 15.8. The Morgan fingerprint density at radius 1 is 1.35 bits per heavy atom. The van der Waals surface area contributed by atoms with E-state index in [4.69, 9.17) is 20.5 Å². The Morgan fingerprint density at radius 3 is 2.55 bits per heavy atom. The molecule has 0 fully saturated rings. The second-order valence-corrected chi connectivity index (χ2v) is 6.36. The molecule has 0 aliphatic carbocycles. The molecular formula is C12H15N3O4S. The molecule has 3 N–H and O–H groups in total. The molecule has 0 saturated carbocycles. The maximum Gasteiger partial charge on any atom is 0.248 e. The number of nitrogens with two attached hydrogens (primary N) is 1. The molecule has 0 radical (unpaired) electrons. The Kier molecular flexibility index (Phi) is 3.90. The van der Waals surface area contributed by atoms with Crippen LogP contribution in [-0.4, -0.2) is 26.9 Å². The third-order valence-corrected chi connectivity index (χ3v) is 4.36. The van der Waals surface area contributed by atoms with Gasteiger partial charge in [0.25, 0.3) is 0 Å². The van der Waals surface area contributed by atoms with E-state index in [2.05, 4.69) is 4.72 Å². The summed E-state index contributed by atoms with van der Waals surface area (Å²) in [6.45, 7) is 2.29. The number of hydrogen-bond donors (Lipinski definition) is 2. The quantitative estimate of drug-likeness (QED) is 0.807. The lowest BCUT2D eigenvalue weighted by molar-refractivity contribution is 0.297. The number of nitrogens with one attached hydrogen (secondary N) is 1. The fourth-order valence-electron chi connectivity index (χ4n) is 1.62. The molecule has 0 bridgehead atoms. The van der Waals surface area contributed by atoms with Gasteiger partial charge in [-0.3, -0.25) is 4.72 Å². The van der Waals surface area contributed by atoms with E-state index in [1.165, 1.54) is 19.1 Å². The van der Waals surface area contributed by atoms with Crippen molar-refractivity contribution in [3.63, 3.8) is 0 Å². The van der Waals surface area contributed by atoms with Crippen LogP contribution < -0.4 is 19.9 Å². The van der Waals surface area contributed by atoms with Crippen LogP contribution in [-0.2, 0) is 10.0 Å². The molecule has 0 aromatic heterocycles. The number of nitrogens with zero attached hydrogens (tertiary/aromatic N) is 1. The topological polar surface area (TPSA) is 114 Å². The molecule has 20 heavy (non-hydrogen) atoms. The number of nitriles is 1. The van der Waals surface area contributed by atoms with Gasteiger partial charge in [0.15, 0.2) is 16.7 Å². The molecule has 1 aromatic rings. The summed E-state index contributed by atoms with van der Waals surface area (Å²) < 4.78 is 36.9. The molecule has 0 amide bonds. The zero-order valence-electron chi connectivity index (χ0n) is 10.9. The van der Waals surface area contributed by atoms with Crippen LogP contribution in [0.1, 0.15) is 13.3 Å². The lowest BCUT2D eigenvalue weighted by Gasteiger charge is -2.14. The average Bonchev–Trinajstić information content (AvgIpc) is 2.62. The zero-order valence-corrected chi connectivity index (χ0v) is 11.7. The van der Waals surface area contributed by atoms with Gasteiger partial charge in [0.1, 0.15) is 0 Å². The molecule has 108 valence electrons. The lowest BCUT2D eigenvalue weighted by atomic mass is 10.2. The average molecular weight is 297 g/mol. The highest BCUT2D eigenvalue weighted by molar-refractivity contribution is 7.93. The molecule has 1 aromatic carbocycles. The number of fused-ring (bicyclic) bond motifs is 1. The molecule has 1 atom stereocenters. The number of hydrogen-bond acceptors (Lipinski definition) is 6. The first-order chi connectivity index (χ1) is 9.44. The highest BCUT2D eigenvalue weighted by Gasteiger charge is 2.22. The molecule has 1 heterocycles. The molecular weight excluding hydrogens is 282 g/mol. The summed E-state index contributed by atoms with van der Waals surface area (Å²) in [5.74, 6) is 0.912. The van der Waals surface area contributed by atoms with E-state index in [-0.39, 0.29) is 11.4 Å². The second kappa shape index (κ2) is 5.46. The Balaban J connectivity index is 2.34. The fourth-order valence-corrected chi connectivity index (χ4v) is 2.42. The Hall–Kier alpha value is -2.14. The highest BCUT2D eigenvalue weighted by atomic mass is 32.2. The van der Waals surface area contributed by atoms with Crippen molar-refractivity contribution in [2.45, 2.75) is 18.6 Å². The predicted octanol–water partition coefficient (Wildman–Crippen LogP) is 1.08. The van der Waals surface area contributed by atoms with Gasteiger partial charge in [0.05, 0.1) is 30.7 Å². The van der Waals surface area contributed by atoms with Crippen molar-refractivity contribution >= 4 is 21.4 Å². The number of ether oxygens (including phenoxy) is 2. The SMILES string of the molecule is CC(C#N)S(=O)(=O)Nc1cc2c(cc1N)OCCCO2. The van der Waals surface area contributed by atoms with Gasteiger partial charge >= 0.3 is 0 Å². The van der Waals surface area contributed by atoms with Crippen LogP contribution in [0.15, 0.2) is 12.1 Å². The van der Waals surface area contributed by atoms with Crippen LogP contribution in [0.5, 0.6) is 11.5 Å². The number of nitrogen functional groups attached to an aromatic ring is 1. The number of anilines is 2. The van der Waals surface area contributed by atoms with Gasteiger partial charge in [-0.1, -0.05) is 0 Å². The first-order valence-electron chi connectivity index (χ1n) is 6.04. The monoisotopic (exact) mass is 297 g/mol. The molecule has 0 spiro atoms. The summed E-state index contributed by atoms with van der Waals surface area (Å²) in [5.41, 5.74) is 6.19. The molecule has 1 aliphatic rings. The Labute approximate surface area is 117 Å². The van der Waals surface area contributed by atoms with Gasteiger partial charge in [-0.25, -0.2) is 8.42 Å². The highest BCUT2D eigenvalue weighted by Crippen LogP contribution is 2.37. The Bertz CT molecular complexity index is 651. The van der Waals surface area contributed by atoms with Crippen molar-refractivity contribution in [2.24, 2.45) is 0 Å². The molecule has 1 unspecified atom stereocenters. The molecule has 0 saturated heterocycles. The minimum atomic E-state index is -3.81. The minimum absolute atomic E-state index is 0.177. The van der Waals surface area contributed by atoms with Crippen LogP contribution >= 0.6 is 0 Å². The number of benzene rings is 1. The summed E-state index contributed by atoms with van der Waals surface area (Å²) in [4.78, 5) is 0. The fraction of sp³-hybridized carbons (Fsp3) is 0.417. The van der Waals surface area contributed by atoms with Gasteiger partial charge in [-0.2, -0.15) is 5.26 Å². The predicted molar refractivity (Wildman–Crippen MR) is 74.1 cm³/mol. The standard InChI is InChI=1S/C12H15N3O4S/c1-8(7-13)20(16,17)15-10-6-12-11(5-9(10)14)18-3-2-4-19-12/h5-6,8,15H,2-4,14H2,1H3. The van der Waals surface area contributed by atoms with Gasteiger partial charge < -0.3 is 15.2 Å². The maximum absolute atomic E-state index is 11.9. The van der Waals surface area contributed by atoms with Crippen molar-refractivity contribution in [2.75, 3.05) is 23.7 Å². The molecule has 8 heteroatoms. The van der Waals surface area contributed by atoms with Gasteiger partial charge in [-0.15, -0.1) is 0 Å². The summed E-state index contributed by atoms with van der Waals surface area (Å²) >= 11 is 0. The van der Waals surface area contributed by atoms with Crippen LogP contribution in [0.3, 0.4) is 0 Å². The number of sulfonamides is 1. The maximum atomic E-state index is 11.9. The van der Waals surface area contributed by atoms with E-state index in [1.54, 1.807) is 6.07 Å². The minimum Gasteiger partial charge on any atom is -0.489 e. The molecule has 1 aliphatic heterocycles. The van der Waals surface area contributed by atoms with E-state index < -0.39 is 15.3 Å². The largest absolute Gasteiger partial charge is 0.489 e. The first-order valence-corrected chi connectivity index (χ1v) is 7.59. The first kappa shape index (κ1) is 14.3. The van der Waals surface area contributed by atoms with Crippen LogP contribution in [0.2, 0.25) is 0 Å². The van der Waals surface area contributed by atoms with Crippen molar-refractivity contribution in [3.05, 3.63) is 12.1 Å². The van der Waals surface area contributed by atoms with Gasteiger partial charge in [0.2, 0.25) is 10.0 Å². The van der Waals surface area contributed by atoms with E-state index in [0.717, 1.165) is 6.42 Å². The van der Waals surface area contributed by atoms with E-state index in [1.807, 2.05) is 0 Å². The third kappa shape index (κ3) is 2.88. The van der Waals surface area contributed by atoms with Gasteiger partial charge in [-0.05, 0) is 6.92 Å². The third-order valence-electron chi connectivity index (χ3n) is 2.82. The summed E-state index contributed by atoms with van der Waals surface area (Å²) in [7, 11) is -3.81. The molecule has 7 nitrogen and oxygen atoms in total. The van der Waals surface area contributed by atoms with Crippen molar-refractivity contribution in [1.82, 2.24) is 0 Å². The second-order valence-electron chi connectivity index (χ2n) is 4.36. The Morgan fingerprint density at radius 2 is 1.95 bits per heavy atom. The van der Waals surface area contributed by atoms with Crippen molar-refractivity contribution in [3.8, 4) is 17.6 Å². The van der Waals surface area contributed by atoms with E-state index in [0.29, 0.717) is 24.7 Å². The summed E-state index contributed by atoms with van der Waals surface area (Å²) in [6.07, 6.45) is 0.737. The van der Waals surface area contributed by atoms with Crippen LogP contribution in [0.25, 0.3) is 0 Å². The van der Waals surface area contributed by atoms with E-state index in [9.17, 15) is 8.42 Å².